The molecule has 23 heavy (non-hydrogen) atoms. The lowest BCUT2D eigenvalue weighted by molar-refractivity contribution is 0.130. The van der Waals surface area contributed by atoms with Gasteiger partial charge < -0.3 is 0 Å². The summed E-state index contributed by atoms with van der Waals surface area (Å²) in [4.78, 5) is 7.15. The minimum absolute atomic E-state index is 0.159. The van der Waals surface area contributed by atoms with Crippen molar-refractivity contribution in [1.29, 1.82) is 0 Å². The highest BCUT2D eigenvalue weighted by Crippen LogP contribution is 2.29. The maximum Gasteiger partial charge on any atom is 0.123 e. The van der Waals surface area contributed by atoms with Gasteiger partial charge in [-0.1, -0.05) is 31.5 Å². The maximum atomic E-state index is 13.0. The van der Waals surface area contributed by atoms with Gasteiger partial charge in [-0.2, -0.15) is 0 Å². The third-order valence-electron chi connectivity index (χ3n) is 5.00. The highest BCUT2D eigenvalue weighted by molar-refractivity contribution is 5.17. The summed E-state index contributed by atoms with van der Waals surface area (Å²) in [7, 11) is 0. The summed E-state index contributed by atoms with van der Waals surface area (Å²) in [6, 6.07) is 13.6. The van der Waals surface area contributed by atoms with Gasteiger partial charge in [-0.15, -0.1) is 0 Å². The lowest BCUT2D eigenvalue weighted by Crippen LogP contribution is -2.43. The predicted molar refractivity (Wildman–Crippen MR) is 92.0 cm³/mol. The zero-order valence-electron chi connectivity index (χ0n) is 13.8. The average molecular weight is 312 g/mol. The number of piperidine rings is 1. The Hall–Kier alpha value is -1.74. The first-order chi connectivity index (χ1) is 11.2. The fraction of sp³-hybridized carbons (Fsp3) is 0.450. The number of hydrogen-bond donors (Lipinski definition) is 0. The predicted octanol–water partition coefficient (Wildman–Crippen LogP) is 4.42. The van der Waals surface area contributed by atoms with Crippen LogP contribution in [-0.4, -0.2) is 29.0 Å². The van der Waals surface area contributed by atoms with Gasteiger partial charge in [0.2, 0.25) is 0 Å². The first kappa shape index (κ1) is 16.1. The number of nitrogens with zero attached hydrogens (tertiary/aromatic N) is 2. The molecule has 3 heteroatoms. The van der Waals surface area contributed by atoms with E-state index in [0.29, 0.717) is 12.0 Å². The van der Waals surface area contributed by atoms with Crippen molar-refractivity contribution < 1.29 is 4.39 Å². The van der Waals surface area contributed by atoms with Crippen molar-refractivity contribution in [3.05, 3.63) is 65.7 Å². The lowest BCUT2D eigenvalue weighted by atomic mass is 9.88. The number of halogens is 1. The van der Waals surface area contributed by atoms with Crippen LogP contribution in [0.5, 0.6) is 0 Å². The van der Waals surface area contributed by atoms with Crippen molar-refractivity contribution in [3.63, 3.8) is 0 Å². The molecule has 1 aliphatic rings. The summed E-state index contributed by atoms with van der Waals surface area (Å²) >= 11 is 0. The second kappa shape index (κ2) is 7.69. The Morgan fingerprint density at radius 1 is 1.17 bits per heavy atom. The molecule has 0 amide bonds. The SMILES string of the molecule is CC(c1ccccn1)C1CCCCN1CCc1ccc(F)cc1. The Morgan fingerprint density at radius 2 is 2.00 bits per heavy atom. The van der Waals surface area contributed by atoms with Crippen LogP contribution in [0.2, 0.25) is 0 Å². The van der Waals surface area contributed by atoms with E-state index in [1.54, 1.807) is 12.1 Å². The van der Waals surface area contributed by atoms with E-state index in [-0.39, 0.29) is 5.82 Å². The van der Waals surface area contributed by atoms with Gasteiger partial charge >= 0.3 is 0 Å². The summed E-state index contributed by atoms with van der Waals surface area (Å²) in [5, 5.41) is 0. The van der Waals surface area contributed by atoms with E-state index in [9.17, 15) is 4.39 Å². The molecule has 1 aromatic carbocycles. The molecule has 0 aliphatic carbocycles. The number of pyridine rings is 1. The largest absolute Gasteiger partial charge is 0.299 e. The smallest absolute Gasteiger partial charge is 0.123 e. The Kier molecular flexibility index (Phi) is 5.39. The summed E-state index contributed by atoms with van der Waals surface area (Å²) in [6.45, 7) is 4.49. The molecule has 1 fully saturated rings. The van der Waals surface area contributed by atoms with Crippen LogP contribution in [0, 0.1) is 5.82 Å². The molecule has 0 bridgehead atoms. The molecule has 0 radical (unpaired) electrons. The van der Waals surface area contributed by atoms with Gasteiger partial charge in [-0.3, -0.25) is 9.88 Å². The second-order valence-corrected chi connectivity index (χ2v) is 6.52. The van der Waals surface area contributed by atoms with Crippen LogP contribution in [0.15, 0.2) is 48.7 Å². The van der Waals surface area contributed by atoms with Gasteiger partial charge in [0.1, 0.15) is 5.82 Å². The number of hydrogen-bond acceptors (Lipinski definition) is 2. The Bertz CT molecular complexity index is 597. The van der Waals surface area contributed by atoms with E-state index < -0.39 is 0 Å². The van der Waals surface area contributed by atoms with E-state index in [4.69, 9.17) is 0 Å². The van der Waals surface area contributed by atoms with Crippen LogP contribution in [-0.2, 0) is 6.42 Å². The van der Waals surface area contributed by atoms with Gasteiger partial charge in [0.05, 0.1) is 0 Å². The van der Waals surface area contributed by atoms with Gasteiger partial charge in [0.15, 0.2) is 0 Å². The normalized spacial score (nSPS) is 20.3. The Balaban J connectivity index is 1.65. The first-order valence-corrected chi connectivity index (χ1v) is 8.63. The van der Waals surface area contributed by atoms with E-state index in [1.807, 2.05) is 24.4 Å². The van der Waals surface area contributed by atoms with Crippen LogP contribution in [0.3, 0.4) is 0 Å². The summed E-state index contributed by atoms with van der Waals surface area (Å²) < 4.78 is 13.0. The minimum atomic E-state index is -0.159. The molecule has 0 N–H and O–H groups in total. The Morgan fingerprint density at radius 3 is 2.74 bits per heavy atom. The van der Waals surface area contributed by atoms with Gasteiger partial charge in [0.25, 0.3) is 0 Å². The highest BCUT2D eigenvalue weighted by atomic mass is 19.1. The molecule has 2 unspecified atom stereocenters. The van der Waals surface area contributed by atoms with Crippen LogP contribution in [0.4, 0.5) is 4.39 Å². The molecular formula is C20H25FN2. The zero-order chi connectivity index (χ0) is 16.1. The van der Waals surface area contributed by atoms with Gasteiger partial charge in [0, 0.05) is 30.4 Å². The number of rotatable bonds is 5. The van der Waals surface area contributed by atoms with Crippen molar-refractivity contribution in [2.75, 3.05) is 13.1 Å². The molecule has 0 spiro atoms. The van der Waals surface area contributed by atoms with Crippen LogP contribution < -0.4 is 0 Å². The van der Waals surface area contributed by atoms with E-state index >= 15 is 0 Å². The monoisotopic (exact) mass is 312 g/mol. The highest BCUT2D eigenvalue weighted by Gasteiger charge is 2.28. The van der Waals surface area contributed by atoms with E-state index in [2.05, 4.69) is 28.9 Å². The summed E-state index contributed by atoms with van der Waals surface area (Å²) in [5.41, 5.74) is 2.40. The minimum Gasteiger partial charge on any atom is -0.299 e. The lowest BCUT2D eigenvalue weighted by Gasteiger charge is -2.39. The standard InChI is InChI=1S/C20H25FN2/c1-16(19-6-2-4-13-22-19)20-7-3-5-14-23(20)15-12-17-8-10-18(21)11-9-17/h2,4,6,8-11,13,16,20H,3,5,7,12,14-15H2,1H3. The van der Waals surface area contributed by atoms with Crippen LogP contribution in [0.25, 0.3) is 0 Å². The second-order valence-electron chi connectivity index (χ2n) is 6.52. The number of likely N-dealkylation sites (tertiary alicyclic amines) is 1. The molecule has 2 heterocycles. The summed E-state index contributed by atoms with van der Waals surface area (Å²) in [5.74, 6) is 0.290. The van der Waals surface area contributed by atoms with Crippen LogP contribution >= 0.6 is 0 Å². The molecule has 1 aromatic heterocycles. The third kappa shape index (κ3) is 4.17. The van der Waals surface area contributed by atoms with E-state index in [1.165, 1.54) is 30.5 Å². The fourth-order valence-corrected chi connectivity index (χ4v) is 3.63. The van der Waals surface area contributed by atoms with Gasteiger partial charge in [-0.05, 0) is 55.6 Å². The molecule has 1 aliphatic heterocycles. The zero-order valence-corrected chi connectivity index (χ0v) is 13.8. The molecular weight excluding hydrogens is 287 g/mol. The van der Waals surface area contributed by atoms with Crippen molar-refractivity contribution in [1.82, 2.24) is 9.88 Å². The number of benzene rings is 1. The molecule has 1 saturated heterocycles. The van der Waals surface area contributed by atoms with Crippen LogP contribution in [0.1, 0.15) is 43.4 Å². The molecule has 0 saturated carbocycles. The molecule has 3 rings (SSSR count). The summed E-state index contributed by atoms with van der Waals surface area (Å²) in [6.07, 6.45) is 6.67. The van der Waals surface area contributed by atoms with Crippen molar-refractivity contribution in [3.8, 4) is 0 Å². The molecule has 122 valence electrons. The van der Waals surface area contributed by atoms with Gasteiger partial charge in [-0.25, -0.2) is 4.39 Å². The molecule has 2 nitrogen and oxygen atoms in total. The average Bonchev–Trinajstić information content (AvgIpc) is 2.62. The quantitative estimate of drug-likeness (QED) is 0.812. The molecule has 2 aromatic rings. The van der Waals surface area contributed by atoms with Crippen molar-refractivity contribution in [2.24, 2.45) is 0 Å². The number of aromatic nitrogens is 1. The topological polar surface area (TPSA) is 16.1 Å². The fourth-order valence-electron chi connectivity index (χ4n) is 3.63. The van der Waals surface area contributed by atoms with Crippen molar-refractivity contribution >= 4 is 0 Å². The third-order valence-corrected chi connectivity index (χ3v) is 5.00. The van der Waals surface area contributed by atoms with Crippen molar-refractivity contribution in [2.45, 2.75) is 44.6 Å². The first-order valence-electron chi connectivity index (χ1n) is 8.63. The van der Waals surface area contributed by atoms with E-state index in [0.717, 1.165) is 19.5 Å². The molecule has 2 atom stereocenters. The Labute approximate surface area is 138 Å². The maximum absolute atomic E-state index is 13.0.